The van der Waals surface area contributed by atoms with Crippen LogP contribution in [-0.2, 0) is 6.54 Å². The van der Waals surface area contributed by atoms with E-state index in [1.807, 2.05) is 31.2 Å². The van der Waals surface area contributed by atoms with Crippen LogP contribution in [0.15, 0.2) is 53.5 Å². The molecule has 2 rings (SSSR count). The average Bonchev–Trinajstić information content (AvgIpc) is 2.48. The Balaban J connectivity index is 2.13. The molecular weight excluding hydrogens is 333 g/mol. The van der Waals surface area contributed by atoms with Gasteiger partial charge in [0.05, 0.1) is 4.47 Å². The first-order valence-corrected chi connectivity index (χ1v) is 7.42. The van der Waals surface area contributed by atoms with E-state index in [-0.39, 0.29) is 5.82 Å². The molecule has 0 saturated carbocycles. The molecule has 0 unspecified atom stereocenters. The molecule has 2 nitrogen and oxygen atoms in total. The van der Waals surface area contributed by atoms with E-state index in [9.17, 15) is 4.39 Å². The Morgan fingerprint density at radius 3 is 2.86 bits per heavy atom. The zero-order valence-corrected chi connectivity index (χ0v) is 13.4. The number of halogens is 2. The Hall–Kier alpha value is -1.81. The van der Waals surface area contributed by atoms with E-state index in [1.54, 1.807) is 12.1 Å². The van der Waals surface area contributed by atoms with Gasteiger partial charge >= 0.3 is 0 Å². The molecule has 110 valence electrons. The van der Waals surface area contributed by atoms with Crippen molar-refractivity contribution in [2.75, 3.05) is 11.9 Å². The second kappa shape index (κ2) is 7.27. The summed E-state index contributed by atoms with van der Waals surface area (Å²) in [6.07, 6.45) is 1.71. The van der Waals surface area contributed by atoms with Crippen molar-refractivity contribution in [3.63, 3.8) is 0 Å². The second-order valence-corrected chi connectivity index (χ2v) is 5.50. The molecule has 0 radical (unpaired) electrons. The summed E-state index contributed by atoms with van der Waals surface area (Å²) in [5.41, 5.74) is 2.79. The SMILES string of the molecule is C=CCOc1ccccc1CNc1cc(Br)c(F)cc1C. The summed E-state index contributed by atoms with van der Waals surface area (Å²) in [5, 5.41) is 3.31. The van der Waals surface area contributed by atoms with Crippen molar-refractivity contribution in [2.24, 2.45) is 0 Å². The van der Waals surface area contributed by atoms with Gasteiger partial charge < -0.3 is 10.1 Å². The van der Waals surface area contributed by atoms with Gasteiger partial charge in [0, 0.05) is 17.8 Å². The summed E-state index contributed by atoms with van der Waals surface area (Å²) in [6.45, 7) is 6.59. The second-order valence-electron chi connectivity index (χ2n) is 4.64. The lowest BCUT2D eigenvalue weighted by molar-refractivity contribution is 0.359. The summed E-state index contributed by atoms with van der Waals surface area (Å²) < 4.78 is 19.5. The molecule has 0 fully saturated rings. The molecule has 2 aromatic carbocycles. The molecule has 0 heterocycles. The van der Waals surface area contributed by atoms with Crippen molar-refractivity contribution < 1.29 is 9.13 Å². The largest absolute Gasteiger partial charge is 0.489 e. The molecule has 0 aromatic heterocycles. The summed E-state index contributed by atoms with van der Waals surface area (Å²) in [5.74, 6) is 0.566. The van der Waals surface area contributed by atoms with Crippen LogP contribution in [0.4, 0.5) is 10.1 Å². The smallest absolute Gasteiger partial charge is 0.137 e. The van der Waals surface area contributed by atoms with Crippen LogP contribution in [-0.4, -0.2) is 6.61 Å². The third-order valence-corrected chi connectivity index (χ3v) is 3.67. The quantitative estimate of drug-likeness (QED) is 0.734. The highest BCUT2D eigenvalue weighted by molar-refractivity contribution is 9.10. The topological polar surface area (TPSA) is 21.3 Å². The Morgan fingerprint density at radius 2 is 2.10 bits per heavy atom. The fraction of sp³-hybridized carbons (Fsp3) is 0.176. The number of para-hydroxylation sites is 1. The molecule has 0 saturated heterocycles. The summed E-state index contributed by atoms with van der Waals surface area (Å²) in [7, 11) is 0. The first kappa shape index (κ1) is 15.6. The van der Waals surface area contributed by atoms with Crippen LogP contribution in [0.1, 0.15) is 11.1 Å². The van der Waals surface area contributed by atoms with Crippen molar-refractivity contribution in [1.29, 1.82) is 0 Å². The standard InChI is InChI=1S/C17H17BrFNO/c1-3-8-21-17-7-5-4-6-13(17)11-20-16-10-14(18)15(19)9-12(16)2/h3-7,9-10,20H,1,8,11H2,2H3. The molecule has 0 amide bonds. The van der Waals surface area contributed by atoms with E-state index < -0.39 is 0 Å². The highest BCUT2D eigenvalue weighted by atomic mass is 79.9. The number of benzene rings is 2. The van der Waals surface area contributed by atoms with Gasteiger partial charge in [-0.15, -0.1) is 0 Å². The van der Waals surface area contributed by atoms with Gasteiger partial charge in [-0.1, -0.05) is 30.9 Å². The van der Waals surface area contributed by atoms with Crippen molar-refractivity contribution >= 4 is 21.6 Å². The van der Waals surface area contributed by atoms with E-state index in [0.717, 1.165) is 22.6 Å². The maximum Gasteiger partial charge on any atom is 0.137 e. The molecule has 21 heavy (non-hydrogen) atoms. The highest BCUT2D eigenvalue weighted by Gasteiger charge is 2.07. The monoisotopic (exact) mass is 349 g/mol. The molecule has 0 aliphatic rings. The molecule has 0 bridgehead atoms. The van der Waals surface area contributed by atoms with Crippen LogP contribution in [0.5, 0.6) is 5.75 Å². The molecule has 0 spiro atoms. The predicted molar refractivity (Wildman–Crippen MR) is 88.3 cm³/mol. The van der Waals surface area contributed by atoms with E-state index in [0.29, 0.717) is 17.6 Å². The third kappa shape index (κ3) is 4.08. The zero-order chi connectivity index (χ0) is 15.2. The van der Waals surface area contributed by atoms with E-state index in [2.05, 4.69) is 27.8 Å². The highest BCUT2D eigenvalue weighted by Crippen LogP contribution is 2.26. The van der Waals surface area contributed by atoms with E-state index in [1.165, 1.54) is 6.07 Å². The lowest BCUT2D eigenvalue weighted by Gasteiger charge is -2.14. The molecule has 1 N–H and O–H groups in total. The van der Waals surface area contributed by atoms with Crippen molar-refractivity contribution in [3.8, 4) is 5.75 Å². The number of ether oxygens (including phenoxy) is 1. The van der Waals surface area contributed by atoms with E-state index >= 15 is 0 Å². The number of rotatable bonds is 6. The first-order valence-electron chi connectivity index (χ1n) is 6.63. The number of aryl methyl sites for hydroxylation is 1. The van der Waals surface area contributed by atoms with Crippen LogP contribution in [0.3, 0.4) is 0 Å². The molecule has 0 aliphatic heterocycles. The summed E-state index contributed by atoms with van der Waals surface area (Å²) in [6, 6.07) is 11.1. The molecule has 2 aromatic rings. The van der Waals surface area contributed by atoms with Gasteiger partial charge in [0.1, 0.15) is 18.2 Å². The molecule has 0 aliphatic carbocycles. The minimum absolute atomic E-state index is 0.257. The Labute approximate surface area is 132 Å². The van der Waals surface area contributed by atoms with Gasteiger partial charge in [0.15, 0.2) is 0 Å². The first-order chi connectivity index (χ1) is 10.1. The Kier molecular flexibility index (Phi) is 5.39. The van der Waals surface area contributed by atoms with Crippen LogP contribution < -0.4 is 10.1 Å². The molecular formula is C17H17BrFNO. The number of anilines is 1. The molecule has 0 atom stereocenters. The van der Waals surface area contributed by atoms with E-state index in [4.69, 9.17) is 4.74 Å². The minimum atomic E-state index is -0.257. The lowest BCUT2D eigenvalue weighted by Crippen LogP contribution is -2.04. The maximum atomic E-state index is 13.4. The lowest BCUT2D eigenvalue weighted by atomic mass is 10.1. The third-order valence-electron chi connectivity index (χ3n) is 3.07. The maximum absolute atomic E-state index is 13.4. The van der Waals surface area contributed by atoms with Crippen LogP contribution >= 0.6 is 15.9 Å². The summed E-state index contributed by atoms with van der Waals surface area (Å²) in [4.78, 5) is 0. The van der Waals surface area contributed by atoms with Gasteiger partial charge in [0.2, 0.25) is 0 Å². The van der Waals surface area contributed by atoms with Crippen molar-refractivity contribution in [3.05, 3.63) is 70.5 Å². The zero-order valence-electron chi connectivity index (χ0n) is 11.8. The number of hydrogen-bond donors (Lipinski definition) is 1. The van der Waals surface area contributed by atoms with Gasteiger partial charge in [-0.05, 0) is 46.6 Å². The van der Waals surface area contributed by atoms with Gasteiger partial charge in [0.25, 0.3) is 0 Å². The Morgan fingerprint density at radius 1 is 1.33 bits per heavy atom. The van der Waals surface area contributed by atoms with Gasteiger partial charge in [-0.2, -0.15) is 0 Å². The van der Waals surface area contributed by atoms with Crippen LogP contribution in [0.25, 0.3) is 0 Å². The fourth-order valence-corrected chi connectivity index (χ4v) is 2.31. The van der Waals surface area contributed by atoms with Crippen LogP contribution in [0, 0.1) is 12.7 Å². The van der Waals surface area contributed by atoms with Crippen molar-refractivity contribution in [1.82, 2.24) is 0 Å². The van der Waals surface area contributed by atoms with Crippen LogP contribution in [0.2, 0.25) is 0 Å². The number of nitrogens with one attached hydrogen (secondary N) is 1. The van der Waals surface area contributed by atoms with Crippen molar-refractivity contribution in [2.45, 2.75) is 13.5 Å². The summed E-state index contributed by atoms with van der Waals surface area (Å²) >= 11 is 3.20. The minimum Gasteiger partial charge on any atom is -0.489 e. The average molecular weight is 350 g/mol. The normalized spacial score (nSPS) is 10.2. The fourth-order valence-electron chi connectivity index (χ4n) is 1.97. The Bertz CT molecular complexity index is 643. The number of hydrogen-bond acceptors (Lipinski definition) is 2. The van der Waals surface area contributed by atoms with Gasteiger partial charge in [-0.25, -0.2) is 4.39 Å². The molecule has 4 heteroatoms. The van der Waals surface area contributed by atoms with Gasteiger partial charge in [-0.3, -0.25) is 0 Å². The predicted octanol–water partition coefficient (Wildman–Crippen LogP) is 5.07.